The van der Waals surface area contributed by atoms with Gasteiger partial charge in [0.15, 0.2) is 0 Å². The first kappa shape index (κ1) is 20.7. The molecule has 1 unspecified atom stereocenters. The van der Waals surface area contributed by atoms with Gasteiger partial charge in [0.2, 0.25) is 5.91 Å². The average molecular weight is 395 g/mol. The third kappa shape index (κ3) is 5.50. The van der Waals surface area contributed by atoms with E-state index in [0.29, 0.717) is 13.1 Å². The molecule has 2 N–H and O–H groups in total. The van der Waals surface area contributed by atoms with Crippen LogP contribution in [0.25, 0.3) is 0 Å². The Hall–Kier alpha value is -3.02. The molecule has 0 aromatic heterocycles. The van der Waals surface area contributed by atoms with E-state index in [2.05, 4.69) is 22.5 Å². The van der Waals surface area contributed by atoms with Gasteiger partial charge in [0, 0.05) is 43.7 Å². The fourth-order valence-electron chi connectivity index (χ4n) is 3.55. The van der Waals surface area contributed by atoms with Crippen molar-refractivity contribution in [3.8, 4) is 0 Å². The Kier molecular flexibility index (Phi) is 6.75. The summed E-state index contributed by atoms with van der Waals surface area (Å²) in [6, 6.07) is 15.4. The monoisotopic (exact) mass is 394 g/mol. The molecule has 1 atom stereocenters. The van der Waals surface area contributed by atoms with Crippen molar-refractivity contribution >= 4 is 29.0 Å². The zero-order chi connectivity index (χ0) is 20.8. The predicted octanol–water partition coefficient (Wildman–Crippen LogP) is 4.33. The van der Waals surface area contributed by atoms with E-state index in [1.807, 2.05) is 62.5 Å². The first-order chi connectivity index (χ1) is 14.0. The SMILES string of the molecule is CCN(C)c1cccc(NC(=O)C2CCCN(C(=O)Nc3cccc(C)c3)C2)c1. The number of urea groups is 1. The molecule has 0 radical (unpaired) electrons. The van der Waals surface area contributed by atoms with Gasteiger partial charge in [0.25, 0.3) is 0 Å². The molecule has 6 heteroatoms. The van der Waals surface area contributed by atoms with Crippen molar-refractivity contribution in [1.82, 2.24) is 4.90 Å². The number of carbonyl (C=O) groups is 2. The third-order valence-electron chi connectivity index (χ3n) is 5.38. The standard InChI is InChI=1S/C23H30N4O2/c1-4-26(3)21-12-6-11-20(15-21)24-22(28)18-9-7-13-27(16-18)23(29)25-19-10-5-8-17(2)14-19/h5-6,8,10-12,14-15,18H,4,7,9,13,16H2,1-3H3,(H,24,28)(H,25,29). The molecule has 1 aliphatic heterocycles. The first-order valence-corrected chi connectivity index (χ1v) is 10.2. The lowest BCUT2D eigenvalue weighted by Gasteiger charge is -2.32. The van der Waals surface area contributed by atoms with Crippen LogP contribution in [-0.2, 0) is 4.79 Å². The van der Waals surface area contributed by atoms with Crippen molar-refractivity contribution in [2.45, 2.75) is 26.7 Å². The number of hydrogen-bond acceptors (Lipinski definition) is 3. The van der Waals surface area contributed by atoms with E-state index < -0.39 is 0 Å². The van der Waals surface area contributed by atoms with E-state index in [0.717, 1.165) is 42.0 Å². The van der Waals surface area contributed by atoms with Crippen LogP contribution < -0.4 is 15.5 Å². The van der Waals surface area contributed by atoms with Crippen LogP contribution in [0.5, 0.6) is 0 Å². The maximum absolute atomic E-state index is 12.8. The Morgan fingerprint density at radius 2 is 1.83 bits per heavy atom. The highest BCUT2D eigenvalue weighted by Gasteiger charge is 2.28. The molecular weight excluding hydrogens is 364 g/mol. The molecule has 3 amide bonds. The van der Waals surface area contributed by atoms with Crippen LogP contribution in [0.15, 0.2) is 48.5 Å². The summed E-state index contributed by atoms with van der Waals surface area (Å²) in [7, 11) is 2.02. The van der Waals surface area contributed by atoms with Crippen LogP contribution in [0.3, 0.4) is 0 Å². The molecule has 0 bridgehead atoms. The largest absolute Gasteiger partial charge is 0.375 e. The van der Waals surface area contributed by atoms with Gasteiger partial charge in [-0.1, -0.05) is 18.2 Å². The maximum atomic E-state index is 12.8. The minimum absolute atomic E-state index is 0.0330. The highest BCUT2D eigenvalue weighted by molar-refractivity contribution is 5.94. The Bertz CT molecular complexity index is 867. The third-order valence-corrected chi connectivity index (χ3v) is 5.38. The van der Waals surface area contributed by atoms with Crippen LogP contribution in [0.2, 0.25) is 0 Å². The number of hydrogen-bond donors (Lipinski definition) is 2. The number of anilines is 3. The molecule has 6 nitrogen and oxygen atoms in total. The molecule has 1 saturated heterocycles. The van der Waals surface area contributed by atoms with Crippen molar-refractivity contribution in [3.05, 3.63) is 54.1 Å². The molecule has 0 aliphatic carbocycles. The summed E-state index contributed by atoms with van der Waals surface area (Å²) in [5, 5.41) is 5.96. The fourth-order valence-corrected chi connectivity index (χ4v) is 3.55. The molecule has 1 aliphatic rings. The zero-order valence-corrected chi connectivity index (χ0v) is 17.4. The second-order valence-corrected chi connectivity index (χ2v) is 7.64. The van der Waals surface area contributed by atoms with Crippen LogP contribution in [0, 0.1) is 12.8 Å². The molecule has 1 heterocycles. The Labute approximate surface area is 172 Å². The fraction of sp³-hybridized carbons (Fsp3) is 0.391. The van der Waals surface area contributed by atoms with Crippen molar-refractivity contribution < 1.29 is 9.59 Å². The lowest BCUT2D eigenvalue weighted by Crippen LogP contribution is -2.45. The lowest BCUT2D eigenvalue weighted by atomic mass is 9.97. The Balaban J connectivity index is 1.60. The van der Waals surface area contributed by atoms with Gasteiger partial charge in [0.05, 0.1) is 5.92 Å². The number of carbonyl (C=O) groups excluding carboxylic acids is 2. The van der Waals surface area contributed by atoms with Crippen LogP contribution >= 0.6 is 0 Å². The number of benzene rings is 2. The number of rotatable bonds is 5. The average Bonchev–Trinajstić information content (AvgIpc) is 2.73. The van der Waals surface area contributed by atoms with Gasteiger partial charge in [-0.3, -0.25) is 4.79 Å². The summed E-state index contributed by atoms with van der Waals surface area (Å²) in [6.45, 7) is 6.06. The van der Waals surface area contributed by atoms with Gasteiger partial charge < -0.3 is 20.4 Å². The number of likely N-dealkylation sites (tertiary alicyclic amines) is 1. The summed E-state index contributed by atoms with van der Waals surface area (Å²) in [5.74, 6) is -0.242. The molecular formula is C23H30N4O2. The van der Waals surface area contributed by atoms with Gasteiger partial charge in [-0.15, -0.1) is 0 Å². The van der Waals surface area contributed by atoms with E-state index in [1.54, 1.807) is 4.90 Å². The van der Waals surface area contributed by atoms with Crippen molar-refractivity contribution in [1.29, 1.82) is 0 Å². The highest BCUT2D eigenvalue weighted by atomic mass is 16.2. The van der Waals surface area contributed by atoms with E-state index in [-0.39, 0.29) is 17.9 Å². The van der Waals surface area contributed by atoms with Crippen molar-refractivity contribution in [2.75, 3.05) is 42.2 Å². The van der Waals surface area contributed by atoms with Gasteiger partial charge in [-0.2, -0.15) is 0 Å². The molecule has 0 spiro atoms. The van der Waals surface area contributed by atoms with Gasteiger partial charge in [-0.05, 0) is 62.6 Å². The van der Waals surface area contributed by atoms with Crippen molar-refractivity contribution in [3.63, 3.8) is 0 Å². The minimum atomic E-state index is -0.209. The molecule has 2 aromatic rings. The normalized spacial score (nSPS) is 16.2. The summed E-state index contributed by atoms with van der Waals surface area (Å²) >= 11 is 0. The van der Waals surface area contributed by atoms with Crippen molar-refractivity contribution in [2.24, 2.45) is 5.92 Å². The maximum Gasteiger partial charge on any atom is 0.321 e. The highest BCUT2D eigenvalue weighted by Crippen LogP contribution is 2.22. The molecule has 2 aromatic carbocycles. The number of aryl methyl sites for hydroxylation is 1. The minimum Gasteiger partial charge on any atom is -0.375 e. The van der Waals surface area contributed by atoms with E-state index in [4.69, 9.17) is 0 Å². The van der Waals surface area contributed by atoms with Crippen LogP contribution in [-0.4, -0.2) is 43.5 Å². The Morgan fingerprint density at radius 1 is 1.10 bits per heavy atom. The topological polar surface area (TPSA) is 64.7 Å². The zero-order valence-electron chi connectivity index (χ0n) is 17.4. The quantitative estimate of drug-likeness (QED) is 0.793. The van der Waals surface area contributed by atoms with Gasteiger partial charge in [-0.25, -0.2) is 4.79 Å². The predicted molar refractivity (Wildman–Crippen MR) is 119 cm³/mol. The van der Waals surface area contributed by atoms with Crippen LogP contribution in [0.4, 0.5) is 21.9 Å². The summed E-state index contributed by atoms with van der Waals surface area (Å²) < 4.78 is 0. The van der Waals surface area contributed by atoms with Crippen LogP contribution in [0.1, 0.15) is 25.3 Å². The lowest BCUT2D eigenvalue weighted by molar-refractivity contribution is -0.121. The molecule has 29 heavy (non-hydrogen) atoms. The van der Waals surface area contributed by atoms with E-state index in [9.17, 15) is 9.59 Å². The molecule has 1 fully saturated rings. The van der Waals surface area contributed by atoms with E-state index >= 15 is 0 Å². The molecule has 3 rings (SSSR count). The Morgan fingerprint density at radius 3 is 2.55 bits per heavy atom. The van der Waals surface area contributed by atoms with Gasteiger partial charge >= 0.3 is 6.03 Å². The first-order valence-electron chi connectivity index (χ1n) is 10.2. The summed E-state index contributed by atoms with van der Waals surface area (Å²) in [4.78, 5) is 29.3. The summed E-state index contributed by atoms with van der Waals surface area (Å²) in [6.07, 6.45) is 1.60. The summed E-state index contributed by atoms with van der Waals surface area (Å²) in [5.41, 5.74) is 3.72. The smallest absolute Gasteiger partial charge is 0.321 e. The van der Waals surface area contributed by atoms with E-state index in [1.165, 1.54) is 0 Å². The molecule has 0 saturated carbocycles. The second-order valence-electron chi connectivity index (χ2n) is 7.64. The van der Waals surface area contributed by atoms with Gasteiger partial charge in [0.1, 0.15) is 0 Å². The second kappa shape index (κ2) is 9.45. The number of amides is 3. The number of piperidine rings is 1. The molecule has 154 valence electrons. The number of nitrogens with one attached hydrogen (secondary N) is 2. The number of nitrogens with zero attached hydrogens (tertiary/aromatic N) is 2.